The van der Waals surface area contributed by atoms with E-state index in [9.17, 15) is 9.59 Å². The first-order valence-corrected chi connectivity index (χ1v) is 6.94. The number of carboxylic acid groups (broad SMARTS) is 1. The van der Waals surface area contributed by atoms with Gasteiger partial charge >= 0.3 is 5.97 Å². The van der Waals surface area contributed by atoms with E-state index in [4.69, 9.17) is 9.84 Å². The summed E-state index contributed by atoms with van der Waals surface area (Å²) < 4.78 is 5.22. The molecule has 118 valence electrons. The molecule has 0 aliphatic rings. The smallest absolute Gasteiger partial charge is 0.352 e. The quantitative estimate of drug-likeness (QED) is 0.738. The minimum absolute atomic E-state index is 0.0253. The van der Waals surface area contributed by atoms with Crippen LogP contribution in [0.2, 0.25) is 0 Å². The normalized spacial score (nSPS) is 11.6. The van der Waals surface area contributed by atoms with Crippen molar-refractivity contribution in [1.82, 2.24) is 10.3 Å². The number of methoxy groups -OCH3 is 1. The van der Waals surface area contributed by atoms with Gasteiger partial charge in [0.05, 0.1) is 19.2 Å². The van der Waals surface area contributed by atoms with Gasteiger partial charge < -0.3 is 20.1 Å². The Hall–Kier alpha value is -2.34. The highest BCUT2D eigenvalue weighted by Crippen LogP contribution is 2.29. The van der Waals surface area contributed by atoms with E-state index in [-0.39, 0.29) is 23.6 Å². The summed E-state index contributed by atoms with van der Waals surface area (Å²) in [4.78, 5) is 26.3. The van der Waals surface area contributed by atoms with Crippen LogP contribution >= 0.6 is 0 Å². The maximum Gasteiger partial charge on any atom is 0.352 e. The van der Waals surface area contributed by atoms with Gasteiger partial charge in [0.15, 0.2) is 5.78 Å². The van der Waals surface area contributed by atoms with Crippen LogP contribution in [-0.2, 0) is 0 Å². The zero-order valence-electron chi connectivity index (χ0n) is 13.1. The standard InChI is InChI=1S/C16H20N2O4/c1-16(2,3)17-8-12(19)9-5-6-13(22-4)14-10(9)7-11(18-14)15(20)21/h5-7,17-18H,8H2,1-4H3,(H,20,21). The maximum atomic E-state index is 12.4. The van der Waals surface area contributed by atoms with Gasteiger partial charge in [-0.2, -0.15) is 0 Å². The predicted octanol–water partition coefficient (Wildman–Crippen LogP) is 2.45. The van der Waals surface area contributed by atoms with Crippen LogP contribution in [0.25, 0.3) is 10.9 Å². The van der Waals surface area contributed by atoms with Gasteiger partial charge in [0, 0.05) is 16.5 Å². The lowest BCUT2D eigenvalue weighted by molar-refractivity contribution is 0.0691. The molecule has 0 unspecified atom stereocenters. The first kappa shape index (κ1) is 16.0. The van der Waals surface area contributed by atoms with Crippen molar-refractivity contribution in [2.24, 2.45) is 0 Å². The second-order valence-electron chi connectivity index (χ2n) is 6.12. The van der Waals surface area contributed by atoms with Crippen molar-refractivity contribution in [3.63, 3.8) is 0 Å². The molecule has 0 aliphatic heterocycles. The van der Waals surface area contributed by atoms with E-state index in [1.165, 1.54) is 13.2 Å². The molecule has 0 bridgehead atoms. The third-order valence-electron chi connectivity index (χ3n) is 3.29. The number of carbonyl (C=O) groups is 2. The minimum Gasteiger partial charge on any atom is -0.495 e. The fourth-order valence-corrected chi connectivity index (χ4v) is 2.16. The lowest BCUT2D eigenvalue weighted by Crippen LogP contribution is -2.39. The van der Waals surface area contributed by atoms with E-state index in [1.54, 1.807) is 12.1 Å². The SMILES string of the molecule is COc1ccc(C(=O)CNC(C)(C)C)c2cc(C(=O)O)[nH]c12. The Bertz CT molecular complexity index is 726. The van der Waals surface area contributed by atoms with Crippen LogP contribution < -0.4 is 10.1 Å². The molecule has 0 spiro atoms. The lowest BCUT2D eigenvalue weighted by atomic mass is 10.0. The second-order valence-corrected chi connectivity index (χ2v) is 6.12. The van der Waals surface area contributed by atoms with Crippen LogP contribution in [0.1, 0.15) is 41.6 Å². The van der Waals surface area contributed by atoms with E-state index in [2.05, 4.69) is 10.3 Å². The number of nitrogens with one attached hydrogen (secondary N) is 2. The first-order chi connectivity index (χ1) is 10.2. The number of rotatable bonds is 5. The first-order valence-electron chi connectivity index (χ1n) is 6.94. The van der Waals surface area contributed by atoms with Gasteiger partial charge in [-0.3, -0.25) is 4.79 Å². The van der Waals surface area contributed by atoms with E-state index in [1.807, 2.05) is 20.8 Å². The number of aromatic nitrogens is 1. The predicted molar refractivity (Wildman–Crippen MR) is 83.9 cm³/mol. The highest BCUT2D eigenvalue weighted by Gasteiger charge is 2.19. The van der Waals surface area contributed by atoms with E-state index in [0.717, 1.165) is 0 Å². The molecule has 1 heterocycles. The van der Waals surface area contributed by atoms with Crippen molar-refractivity contribution in [2.75, 3.05) is 13.7 Å². The van der Waals surface area contributed by atoms with Crippen molar-refractivity contribution in [3.05, 3.63) is 29.5 Å². The third kappa shape index (κ3) is 3.28. The molecule has 1 aromatic heterocycles. The molecule has 0 saturated heterocycles. The summed E-state index contributed by atoms with van der Waals surface area (Å²) in [5, 5.41) is 12.8. The number of carboxylic acids is 1. The molecule has 3 N–H and O–H groups in total. The number of ketones is 1. The number of ether oxygens (including phenoxy) is 1. The molecule has 0 amide bonds. The van der Waals surface area contributed by atoms with Gasteiger partial charge in [-0.15, -0.1) is 0 Å². The molecular formula is C16H20N2O4. The summed E-state index contributed by atoms with van der Waals surface area (Å²) in [6.45, 7) is 6.10. The maximum absolute atomic E-state index is 12.4. The van der Waals surface area contributed by atoms with Crippen molar-refractivity contribution < 1.29 is 19.4 Å². The molecule has 2 rings (SSSR count). The fourth-order valence-electron chi connectivity index (χ4n) is 2.16. The number of Topliss-reactive ketones (excluding diaryl/α,β-unsaturated/α-hetero) is 1. The second kappa shape index (κ2) is 5.81. The molecule has 0 fully saturated rings. The zero-order valence-corrected chi connectivity index (χ0v) is 13.1. The number of benzene rings is 1. The van der Waals surface area contributed by atoms with Gasteiger partial charge in [-0.1, -0.05) is 0 Å². The van der Waals surface area contributed by atoms with E-state index >= 15 is 0 Å². The summed E-state index contributed by atoms with van der Waals surface area (Å²) in [6.07, 6.45) is 0. The molecule has 0 aliphatic carbocycles. The van der Waals surface area contributed by atoms with Crippen molar-refractivity contribution in [3.8, 4) is 5.75 Å². The molecule has 0 saturated carbocycles. The van der Waals surface area contributed by atoms with Gasteiger partial charge in [0.25, 0.3) is 0 Å². The summed E-state index contributed by atoms with van der Waals surface area (Å²) >= 11 is 0. The molecule has 22 heavy (non-hydrogen) atoms. The third-order valence-corrected chi connectivity index (χ3v) is 3.29. The van der Waals surface area contributed by atoms with Gasteiger partial charge in [0.2, 0.25) is 0 Å². The number of hydrogen-bond acceptors (Lipinski definition) is 4. The Morgan fingerprint density at radius 1 is 1.32 bits per heavy atom. The molecule has 2 aromatic rings. The number of aromatic carboxylic acids is 1. The van der Waals surface area contributed by atoms with Gasteiger partial charge in [-0.05, 0) is 39.0 Å². The van der Waals surface area contributed by atoms with Crippen LogP contribution in [0.4, 0.5) is 0 Å². The Morgan fingerprint density at radius 2 is 2.00 bits per heavy atom. The number of hydrogen-bond donors (Lipinski definition) is 3. The van der Waals surface area contributed by atoms with Crippen molar-refractivity contribution in [1.29, 1.82) is 0 Å². The monoisotopic (exact) mass is 304 g/mol. The number of aromatic amines is 1. The summed E-state index contributed by atoms with van der Waals surface area (Å²) in [5.74, 6) is -0.675. The van der Waals surface area contributed by atoms with E-state index in [0.29, 0.717) is 22.2 Å². The number of carbonyl (C=O) groups excluding carboxylic acids is 1. The molecular weight excluding hydrogens is 284 g/mol. The Kier molecular flexibility index (Phi) is 4.23. The molecule has 0 atom stereocenters. The molecule has 6 nitrogen and oxygen atoms in total. The highest BCUT2D eigenvalue weighted by atomic mass is 16.5. The molecule has 0 radical (unpaired) electrons. The van der Waals surface area contributed by atoms with Crippen LogP contribution in [0, 0.1) is 0 Å². The highest BCUT2D eigenvalue weighted by molar-refractivity contribution is 6.11. The summed E-state index contributed by atoms with van der Waals surface area (Å²) in [7, 11) is 1.50. The van der Waals surface area contributed by atoms with Crippen LogP contribution in [0.15, 0.2) is 18.2 Å². The Labute approximate surface area is 128 Å². The Balaban J connectivity index is 2.46. The average Bonchev–Trinajstić information content (AvgIpc) is 2.88. The van der Waals surface area contributed by atoms with Crippen molar-refractivity contribution >= 4 is 22.7 Å². The lowest BCUT2D eigenvalue weighted by Gasteiger charge is -2.20. The summed E-state index contributed by atoms with van der Waals surface area (Å²) in [5.41, 5.74) is 0.834. The number of fused-ring (bicyclic) bond motifs is 1. The van der Waals surface area contributed by atoms with Crippen LogP contribution in [0.5, 0.6) is 5.75 Å². The molecule has 6 heteroatoms. The largest absolute Gasteiger partial charge is 0.495 e. The number of H-pyrrole nitrogens is 1. The average molecular weight is 304 g/mol. The van der Waals surface area contributed by atoms with Crippen molar-refractivity contribution in [2.45, 2.75) is 26.3 Å². The van der Waals surface area contributed by atoms with E-state index < -0.39 is 5.97 Å². The Morgan fingerprint density at radius 3 is 2.55 bits per heavy atom. The van der Waals surface area contributed by atoms with Crippen LogP contribution in [0.3, 0.4) is 0 Å². The molecule has 1 aromatic carbocycles. The van der Waals surface area contributed by atoms with Crippen LogP contribution in [-0.4, -0.2) is 41.0 Å². The van der Waals surface area contributed by atoms with Gasteiger partial charge in [-0.25, -0.2) is 4.79 Å². The fraction of sp³-hybridized carbons (Fsp3) is 0.375. The topological polar surface area (TPSA) is 91.4 Å². The van der Waals surface area contributed by atoms with Gasteiger partial charge in [0.1, 0.15) is 11.4 Å². The zero-order chi connectivity index (χ0) is 16.5. The summed E-state index contributed by atoms with van der Waals surface area (Å²) in [6, 6.07) is 4.78. The minimum atomic E-state index is -1.08.